The second-order valence-electron chi connectivity index (χ2n) is 4.29. The zero-order chi connectivity index (χ0) is 8.20. The number of aliphatic imine (C=N–C) groups is 1. The minimum absolute atomic E-state index is 0.608. The first-order valence-corrected chi connectivity index (χ1v) is 7.62. The predicted octanol–water partition coefficient (Wildman–Crippen LogP) is 2.59. The summed E-state index contributed by atoms with van der Waals surface area (Å²) in [5.74, 6) is 0.608. The van der Waals surface area contributed by atoms with Crippen LogP contribution in [0.2, 0.25) is 19.6 Å². The van der Waals surface area contributed by atoms with Gasteiger partial charge in [0.2, 0.25) is 0 Å². The molecule has 0 aliphatic carbocycles. The van der Waals surface area contributed by atoms with E-state index in [1.54, 1.807) is 0 Å². The van der Waals surface area contributed by atoms with Gasteiger partial charge in [-0.1, -0.05) is 33.5 Å². The monoisotopic (exact) mass is 157 g/mol. The van der Waals surface area contributed by atoms with E-state index < -0.39 is 8.07 Å². The molecule has 0 fully saturated rings. The van der Waals surface area contributed by atoms with E-state index in [9.17, 15) is 0 Å². The third kappa shape index (κ3) is 7.89. The van der Waals surface area contributed by atoms with Crippen LogP contribution in [0.4, 0.5) is 0 Å². The summed E-state index contributed by atoms with van der Waals surface area (Å²) in [7, 11) is -0.922. The van der Waals surface area contributed by atoms with Gasteiger partial charge in [0.25, 0.3) is 0 Å². The van der Waals surface area contributed by atoms with Gasteiger partial charge < -0.3 is 4.99 Å². The van der Waals surface area contributed by atoms with E-state index in [4.69, 9.17) is 0 Å². The quantitative estimate of drug-likeness (QED) is 0.441. The summed E-state index contributed by atoms with van der Waals surface area (Å²) < 4.78 is 0. The van der Waals surface area contributed by atoms with Crippen molar-refractivity contribution in [2.45, 2.75) is 33.5 Å². The van der Waals surface area contributed by atoms with E-state index in [1.807, 2.05) is 0 Å². The van der Waals surface area contributed by atoms with Crippen molar-refractivity contribution in [2.75, 3.05) is 6.17 Å². The Morgan fingerprint density at radius 1 is 1.30 bits per heavy atom. The van der Waals surface area contributed by atoms with Crippen LogP contribution >= 0.6 is 0 Å². The second-order valence-corrected chi connectivity index (χ2v) is 9.73. The molecular formula is C8H19NSi. The fraction of sp³-hybridized carbons (Fsp3) is 0.875. The Balaban J connectivity index is 3.54. The minimum Gasteiger partial charge on any atom is -0.301 e. The van der Waals surface area contributed by atoms with E-state index in [2.05, 4.69) is 44.7 Å². The molecule has 10 heavy (non-hydrogen) atoms. The van der Waals surface area contributed by atoms with E-state index in [-0.39, 0.29) is 0 Å². The van der Waals surface area contributed by atoms with Gasteiger partial charge in [0.15, 0.2) is 0 Å². The van der Waals surface area contributed by atoms with Gasteiger partial charge in [-0.15, -0.1) is 0 Å². The van der Waals surface area contributed by atoms with E-state index in [0.29, 0.717) is 5.92 Å². The summed E-state index contributed by atoms with van der Waals surface area (Å²) >= 11 is 0. The van der Waals surface area contributed by atoms with E-state index in [0.717, 1.165) is 6.17 Å². The first-order valence-electron chi connectivity index (χ1n) is 3.92. The molecule has 0 N–H and O–H groups in total. The predicted molar refractivity (Wildman–Crippen MR) is 51.5 cm³/mol. The van der Waals surface area contributed by atoms with Crippen LogP contribution in [0.3, 0.4) is 0 Å². The van der Waals surface area contributed by atoms with Crippen LogP contribution < -0.4 is 0 Å². The zero-order valence-electron chi connectivity index (χ0n) is 7.81. The zero-order valence-corrected chi connectivity index (χ0v) is 8.81. The summed E-state index contributed by atoms with van der Waals surface area (Å²) in [5.41, 5.74) is 0. The topological polar surface area (TPSA) is 12.4 Å². The first kappa shape index (κ1) is 9.89. The molecule has 0 aliphatic heterocycles. The molecule has 0 saturated carbocycles. The minimum atomic E-state index is -0.922. The van der Waals surface area contributed by atoms with Gasteiger partial charge in [-0.05, 0) is 5.92 Å². The van der Waals surface area contributed by atoms with Gasteiger partial charge in [-0.2, -0.15) is 0 Å². The molecular weight excluding hydrogens is 138 g/mol. The van der Waals surface area contributed by atoms with Crippen LogP contribution in [0, 0.1) is 5.92 Å². The lowest BCUT2D eigenvalue weighted by Gasteiger charge is -2.11. The Kier molecular flexibility index (Phi) is 3.87. The van der Waals surface area contributed by atoms with Gasteiger partial charge in [0.05, 0.1) is 8.07 Å². The molecule has 0 rings (SSSR count). The molecule has 0 unspecified atom stereocenters. The molecule has 1 nitrogen and oxygen atoms in total. The molecule has 0 amide bonds. The SMILES string of the molecule is CC(C)/C=N/C[Si](C)(C)C. The summed E-state index contributed by atoms with van der Waals surface area (Å²) in [4.78, 5) is 4.38. The Labute approximate surface area is 65.6 Å². The average molecular weight is 157 g/mol. The van der Waals surface area contributed by atoms with Crippen LogP contribution in [-0.2, 0) is 0 Å². The Hall–Kier alpha value is -0.113. The highest BCUT2D eigenvalue weighted by molar-refractivity contribution is 6.76. The van der Waals surface area contributed by atoms with Gasteiger partial charge in [-0.25, -0.2) is 0 Å². The molecule has 60 valence electrons. The summed E-state index contributed by atoms with van der Waals surface area (Å²) in [6.45, 7) is 11.3. The second kappa shape index (κ2) is 3.91. The molecule has 0 aliphatic rings. The molecule has 0 heterocycles. The molecule has 0 atom stereocenters. The lowest BCUT2D eigenvalue weighted by molar-refractivity contribution is 0.902. The summed E-state index contributed by atoms with van der Waals surface area (Å²) in [5, 5.41) is 0. The maximum atomic E-state index is 4.38. The number of nitrogens with zero attached hydrogens (tertiary/aromatic N) is 1. The third-order valence-corrected chi connectivity index (χ3v) is 2.10. The summed E-state index contributed by atoms with van der Waals surface area (Å²) in [6, 6.07) is 0. The molecule has 0 bridgehead atoms. The van der Waals surface area contributed by atoms with Crippen LogP contribution in [0.1, 0.15) is 13.8 Å². The highest BCUT2D eigenvalue weighted by Gasteiger charge is 2.10. The van der Waals surface area contributed by atoms with Crippen molar-refractivity contribution in [3.63, 3.8) is 0 Å². The molecule has 0 spiro atoms. The first-order chi connectivity index (χ1) is 4.42. The van der Waals surface area contributed by atoms with Crippen LogP contribution in [0.5, 0.6) is 0 Å². The fourth-order valence-corrected chi connectivity index (χ4v) is 1.19. The van der Waals surface area contributed by atoms with Gasteiger partial charge in [0, 0.05) is 12.4 Å². The van der Waals surface area contributed by atoms with Gasteiger partial charge in [-0.3, -0.25) is 0 Å². The molecule has 0 aromatic heterocycles. The van der Waals surface area contributed by atoms with Crippen molar-refractivity contribution in [2.24, 2.45) is 10.9 Å². The Morgan fingerprint density at radius 3 is 2.10 bits per heavy atom. The highest BCUT2D eigenvalue weighted by Crippen LogP contribution is 2.00. The average Bonchev–Trinajstić information content (AvgIpc) is 1.59. The normalized spacial score (nSPS) is 13.4. The number of hydrogen-bond acceptors (Lipinski definition) is 1. The van der Waals surface area contributed by atoms with Crippen LogP contribution in [0.25, 0.3) is 0 Å². The lowest BCUT2D eigenvalue weighted by atomic mass is 10.3. The lowest BCUT2D eigenvalue weighted by Crippen LogP contribution is -2.24. The number of rotatable bonds is 3. The van der Waals surface area contributed by atoms with Gasteiger partial charge in [0.1, 0.15) is 0 Å². The molecule has 0 saturated heterocycles. The van der Waals surface area contributed by atoms with Crippen molar-refractivity contribution in [1.82, 2.24) is 0 Å². The maximum Gasteiger partial charge on any atom is 0.0692 e. The van der Waals surface area contributed by atoms with E-state index >= 15 is 0 Å². The van der Waals surface area contributed by atoms with Crippen molar-refractivity contribution in [3.05, 3.63) is 0 Å². The highest BCUT2D eigenvalue weighted by atomic mass is 28.3. The van der Waals surface area contributed by atoms with Crippen LogP contribution in [-0.4, -0.2) is 20.5 Å². The standard InChI is InChI=1S/C8H19NSi/c1-8(2)6-9-7-10(3,4)5/h6,8H,7H2,1-5H3/b9-6+. The Morgan fingerprint density at radius 2 is 1.80 bits per heavy atom. The maximum absolute atomic E-state index is 4.38. The van der Waals surface area contributed by atoms with Crippen molar-refractivity contribution in [1.29, 1.82) is 0 Å². The summed E-state index contributed by atoms with van der Waals surface area (Å²) in [6.07, 6.45) is 3.13. The van der Waals surface area contributed by atoms with Crippen molar-refractivity contribution >= 4 is 14.3 Å². The van der Waals surface area contributed by atoms with Crippen LogP contribution in [0.15, 0.2) is 4.99 Å². The fourth-order valence-electron chi connectivity index (χ4n) is 0.537. The van der Waals surface area contributed by atoms with Crippen molar-refractivity contribution in [3.8, 4) is 0 Å². The van der Waals surface area contributed by atoms with Crippen molar-refractivity contribution < 1.29 is 0 Å². The third-order valence-electron chi connectivity index (χ3n) is 0.969. The number of hydrogen-bond donors (Lipinski definition) is 0. The molecule has 0 radical (unpaired) electrons. The van der Waals surface area contributed by atoms with E-state index in [1.165, 1.54) is 0 Å². The van der Waals surface area contributed by atoms with Gasteiger partial charge >= 0.3 is 0 Å². The molecule has 0 aromatic carbocycles. The smallest absolute Gasteiger partial charge is 0.0692 e. The Bertz CT molecular complexity index is 111. The molecule has 2 heteroatoms. The largest absolute Gasteiger partial charge is 0.301 e. The molecule has 0 aromatic rings.